The molecule has 17 heavy (non-hydrogen) atoms. The Hall–Kier alpha value is -1.66. The number of alkyl halides is 3. The zero-order valence-electron chi connectivity index (χ0n) is 9.41. The molecule has 92 valence electrons. The van der Waals surface area contributed by atoms with Gasteiger partial charge in [0.15, 0.2) is 5.65 Å². The molecule has 0 fully saturated rings. The summed E-state index contributed by atoms with van der Waals surface area (Å²) in [7, 11) is 0. The maximum Gasteiger partial charge on any atom is 0.408 e. The van der Waals surface area contributed by atoms with Crippen LogP contribution in [0.1, 0.15) is 18.4 Å². The molecule has 0 aliphatic carbocycles. The van der Waals surface area contributed by atoms with E-state index < -0.39 is 12.7 Å². The van der Waals surface area contributed by atoms with Crippen molar-refractivity contribution in [3.05, 3.63) is 17.7 Å². The highest BCUT2D eigenvalue weighted by Crippen LogP contribution is 2.21. The van der Waals surface area contributed by atoms with Crippen molar-refractivity contribution in [1.29, 1.82) is 0 Å². The van der Waals surface area contributed by atoms with Crippen molar-refractivity contribution in [2.75, 3.05) is 0 Å². The van der Waals surface area contributed by atoms with Crippen molar-refractivity contribution < 1.29 is 13.2 Å². The highest BCUT2D eigenvalue weighted by atomic mass is 19.4. The van der Waals surface area contributed by atoms with E-state index in [1.165, 1.54) is 6.20 Å². The van der Waals surface area contributed by atoms with Gasteiger partial charge in [0.25, 0.3) is 0 Å². The largest absolute Gasteiger partial charge is 0.408 e. The summed E-state index contributed by atoms with van der Waals surface area (Å²) in [5, 5.41) is 4.41. The van der Waals surface area contributed by atoms with Gasteiger partial charge in [-0.25, -0.2) is 14.6 Å². The van der Waals surface area contributed by atoms with Crippen molar-refractivity contribution in [2.45, 2.75) is 33.0 Å². The van der Waals surface area contributed by atoms with Gasteiger partial charge in [-0.3, -0.25) is 0 Å². The molecule has 2 heterocycles. The van der Waals surface area contributed by atoms with Crippen LogP contribution in [-0.2, 0) is 13.0 Å². The molecule has 2 aromatic rings. The number of hydrogen-bond acceptors (Lipinski definition) is 3. The molecule has 0 bridgehead atoms. The highest BCUT2D eigenvalue weighted by Gasteiger charge is 2.30. The minimum Gasteiger partial charge on any atom is -0.241 e. The maximum atomic E-state index is 12.4. The standard InChI is InChI=1S/C10H11F3N4/c1-3-8-14-4-7-6(2)16-17(9(7)15-8)5-10(11,12)13/h4H,3,5H2,1-2H3. The van der Waals surface area contributed by atoms with E-state index in [2.05, 4.69) is 15.1 Å². The van der Waals surface area contributed by atoms with Crippen LogP contribution in [0, 0.1) is 6.92 Å². The lowest BCUT2D eigenvalue weighted by Gasteiger charge is -2.06. The number of halogens is 3. The van der Waals surface area contributed by atoms with Gasteiger partial charge in [0.2, 0.25) is 0 Å². The van der Waals surface area contributed by atoms with Gasteiger partial charge in [0.05, 0.1) is 11.1 Å². The molecular weight excluding hydrogens is 233 g/mol. The van der Waals surface area contributed by atoms with Gasteiger partial charge in [-0.2, -0.15) is 18.3 Å². The molecule has 7 heteroatoms. The zero-order valence-corrected chi connectivity index (χ0v) is 9.41. The Morgan fingerprint density at radius 2 is 2.06 bits per heavy atom. The number of aryl methyl sites for hydroxylation is 2. The first-order valence-electron chi connectivity index (χ1n) is 5.16. The third-order valence-electron chi connectivity index (χ3n) is 2.37. The topological polar surface area (TPSA) is 43.6 Å². The van der Waals surface area contributed by atoms with E-state index >= 15 is 0 Å². The molecule has 2 rings (SSSR count). The Balaban J connectivity index is 2.55. The van der Waals surface area contributed by atoms with Gasteiger partial charge in [-0.15, -0.1) is 0 Å². The number of hydrogen-bond donors (Lipinski definition) is 0. The lowest BCUT2D eigenvalue weighted by atomic mass is 10.3. The summed E-state index contributed by atoms with van der Waals surface area (Å²) in [5.74, 6) is 0.515. The fourth-order valence-corrected chi connectivity index (χ4v) is 1.59. The molecule has 4 nitrogen and oxygen atoms in total. The molecule has 0 radical (unpaired) electrons. The molecule has 0 aromatic carbocycles. The number of fused-ring (bicyclic) bond motifs is 1. The maximum absolute atomic E-state index is 12.4. The van der Waals surface area contributed by atoms with Crippen LogP contribution >= 0.6 is 0 Å². The van der Waals surface area contributed by atoms with Gasteiger partial charge in [-0.05, 0) is 6.92 Å². The number of aromatic nitrogens is 4. The molecule has 0 spiro atoms. The Bertz CT molecular complexity index is 544. The van der Waals surface area contributed by atoms with Crippen molar-refractivity contribution in [2.24, 2.45) is 0 Å². The fourth-order valence-electron chi connectivity index (χ4n) is 1.59. The molecule has 0 saturated heterocycles. The Morgan fingerprint density at radius 3 is 2.65 bits per heavy atom. The van der Waals surface area contributed by atoms with E-state index in [0.717, 1.165) is 4.68 Å². The zero-order chi connectivity index (χ0) is 12.6. The second-order valence-electron chi connectivity index (χ2n) is 3.74. The molecule has 0 saturated carbocycles. The second-order valence-corrected chi connectivity index (χ2v) is 3.74. The minimum absolute atomic E-state index is 0.242. The SMILES string of the molecule is CCc1ncc2c(C)nn(CC(F)(F)F)c2n1. The average Bonchev–Trinajstić information content (AvgIpc) is 2.53. The van der Waals surface area contributed by atoms with Crippen LogP contribution in [0.4, 0.5) is 13.2 Å². The predicted molar refractivity (Wildman–Crippen MR) is 55.5 cm³/mol. The third kappa shape index (κ3) is 2.37. The monoisotopic (exact) mass is 244 g/mol. The fraction of sp³-hybridized carbons (Fsp3) is 0.500. The highest BCUT2D eigenvalue weighted by molar-refractivity contribution is 5.77. The van der Waals surface area contributed by atoms with Crippen LogP contribution < -0.4 is 0 Å². The molecule has 0 aliphatic heterocycles. The van der Waals surface area contributed by atoms with Crippen LogP contribution in [-0.4, -0.2) is 25.9 Å². The Morgan fingerprint density at radius 1 is 1.35 bits per heavy atom. The summed E-state index contributed by atoms with van der Waals surface area (Å²) >= 11 is 0. The van der Waals surface area contributed by atoms with Gasteiger partial charge in [-0.1, -0.05) is 6.92 Å². The van der Waals surface area contributed by atoms with E-state index in [-0.39, 0.29) is 5.65 Å². The first-order chi connectivity index (χ1) is 7.90. The summed E-state index contributed by atoms with van der Waals surface area (Å²) in [6.45, 7) is 2.36. The minimum atomic E-state index is -4.30. The summed E-state index contributed by atoms with van der Waals surface area (Å²) in [4.78, 5) is 8.14. The van der Waals surface area contributed by atoms with Gasteiger partial charge in [0.1, 0.15) is 12.4 Å². The van der Waals surface area contributed by atoms with Gasteiger partial charge >= 0.3 is 6.18 Å². The Kier molecular flexibility index (Phi) is 2.76. The van der Waals surface area contributed by atoms with Crippen molar-refractivity contribution in [3.63, 3.8) is 0 Å². The van der Waals surface area contributed by atoms with Crippen LogP contribution in [0.5, 0.6) is 0 Å². The summed E-state index contributed by atoms with van der Waals surface area (Å²) < 4.78 is 38.0. The van der Waals surface area contributed by atoms with Crippen molar-refractivity contribution in [3.8, 4) is 0 Å². The van der Waals surface area contributed by atoms with Crippen molar-refractivity contribution in [1.82, 2.24) is 19.7 Å². The summed E-state index contributed by atoms with van der Waals surface area (Å²) in [5.41, 5.74) is 0.749. The summed E-state index contributed by atoms with van der Waals surface area (Å²) in [6, 6.07) is 0. The molecule has 2 aromatic heterocycles. The molecule has 0 atom stereocenters. The van der Waals surface area contributed by atoms with Crippen LogP contribution in [0.25, 0.3) is 11.0 Å². The van der Waals surface area contributed by atoms with E-state index in [4.69, 9.17) is 0 Å². The molecule has 0 N–H and O–H groups in total. The van der Waals surface area contributed by atoms with Gasteiger partial charge in [0, 0.05) is 12.6 Å². The molecule has 0 aliphatic rings. The first kappa shape index (κ1) is 11.8. The van der Waals surface area contributed by atoms with Gasteiger partial charge < -0.3 is 0 Å². The van der Waals surface area contributed by atoms with Crippen molar-refractivity contribution >= 4 is 11.0 Å². The average molecular weight is 244 g/mol. The lowest BCUT2D eigenvalue weighted by molar-refractivity contribution is -0.141. The smallest absolute Gasteiger partial charge is 0.241 e. The quantitative estimate of drug-likeness (QED) is 0.813. The third-order valence-corrected chi connectivity index (χ3v) is 2.37. The van der Waals surface area contributed by atoms with Crippen LogP contribution in [0.2, 0.25) is 0 Å². The molecule has 0 unspecified atom stereocenters. The summed E-state index contributed by atoms with van der Waals surface area (Å²) in [6.07, 6.45) is -2.20. The first-order valence-corrected chi connectivity index (χ1v) is 5.16. The molecule has 0 amide bonds. The number of nitrogens with zero attached hydrogens (tertiary/aromatic N) is 4. The van der Waals surface area contributed by atoms with E-state index in [9.17, 15) is 13.2 Å². The van der Waals surface area contributed by atoms with Crippen LogP contribution in [0.15, 0.2) is 6.20 Å². The normalized spacial score (nSPS) is 12.3. The van der Waals surface area contributed by atoms with Crippen LogP contribution in [0.3, 0.4) is 0 Å². The lowest BCUT2D eigenvalue weighted by Crippen LogP contribution is -2.19. The molecular formula is C10H11F3N4. The second kappa shape index (κ2) is 3.97. The van der Waals surface area contributed by atoms with E-state index in [1.807, 2.05) is 6.92 Å². The van der Waals surface area contributed by atoms with E-state index in [1.54, 1.807) is 6.92 Å². The van der Waals surface area contributed by atoms with E-state index in [0.29, 0.717) is 23.3 Å². The Labute approximate surface area is 95.5 Å². The number of rotatable bonds is 2. The predicted octanol–water partition coefficient (Wildman–Crippen LogP) is 2.26.